The average molecular weight is 523 g/mol. The van der Waals surface area contributed by atoms with E-state index in [-0.39, 0.29) is 23.6 Å². The molecule has 0 amide bonds. The van der Waals surface area contributed by atoms with Crippen molar-refractivity contribution in [1.29, 1.82) is 0 Å². The first-order valence-electron chi connectivity index (χ1n) is 13.7. The van der Waals surface area contributed by atoms with Crippen LogP contribution in [0.25, 0.3) is 22.3 Å². The lowest BCUT2D eigenvalue weighted by atomic mass is 9.94. The molecule has 0 spiro atoms. The zero-order chi connectivity index (χ0) is 26.9. The summed E-state index contributed by atoms with van der Waals surface area (Å²) < 4.78 is 56.0. The monoisotopic (exact) mass is 522 g/mol. The molecule has 2 nitrogen and oxygen atoms in total. The zero-order valence-electron chi connectivity index (χ0n) is 22.3. The summed E-state index contributed by atoms with van der Waals surface area (Å²) in [5.41, 5.74) is 3.31. The molecular weight excluding hydrogens is 485 g/mol. The lowest BCUT2D eigenvalue weighted by Gasteiger charge is -2.28. The number of benzene rings is 3. The number of hydrogen-bond acceptors (Lipinski definition) is 2. The van der Waals surface area contributed by atoms with Crippen molar-refractivity contribution in [2.45, 2.75) is 71.0 Å². The summed E-state index contributed by atoms with van der Waals surface area (Å²) in [6.07, 6.45) is 10.5. The van der Waals surface area contributed by atoms with Gasteiger partial charge in [-0.2, -0.15) is 0 Å². The molecular formula is C33H37F3O2. The highest BCUT2D eigenvalue weighted by molar-refractivity contribution is 5.71. The topological polar surface area (TPSA) is 18.5 Å². The van der Waals surface area contributed by atoms with Gasteiger partial charge in [0.1, 0.15) is 5.82 Å². The molecule has 1 aliphatic rings. The van der Waals surface area contributed by atoms with E-state index in [1.807, 2.05) is 25.1 Å². The lowest BCUT2D eigenvalue weighted by Crippen LogP contribution is -2.29. The average Bonchev–Trinajstić information content (AvgIpc) is 2.94. The Labute approximate surface area is 224 Å². The Hall–Kier alpha value is -2.89. The molecule has 0 atom stereocenters. The summed E-state index contributed by atoms with van der Waals surface area (Å²) >= 11 is 0. The van der Waals surface area contributed by atoms with E-state index in [1.165, 1.54) is 25.3 Å². The molecule has 0 aromatic heterocycles. The van der Waals surface area contributed by atoms with Crippen molar-refractivity contribution in [3.05, 3.63) is 95.3 Å². The quantitative estimate of drug-likeness (QED) is 0.184. The molecule has 3 aromatic rings. The van der Waals surface area contributed by atoms with E-state index in [4.69, 9.17) is 9.47 Å². The number of rotatable bonds is 11. The van der Waals surface area contributed by atoms with Crippen LogP contribution in [0.1, 0.15) is 69.4 Å². The van der Waals surface area contributed by atoms with E-state index in [2.05, 4.69) is 6.92 Å². The number of halogens is 3. The smallest absolute Gasteiger partial charge is 0.176 e. The Kier molecular flexibility index (Phi) is 10.2. The Morgan fingerprint density at radius 2 is 1.42 bits per heavy atom. The summed E-state index contributed by atoms with van der Waals surface area (Å²) in [6, 6.07) is 15.6. The van der Waals surface area contributed by atoms with Gasteiger partial charge in [0.05, 0.1) is 13.2 Å². The van der Waals surface area contributed by atoms with Gasteiger partial charge in [-0.05, 0) is 59.7 Å². The third-order valence-corrected chi connectivity index (χ3v) is 7.20. The van der Waals surface area contributed by atoms with Crippen LogP contribution in [0, 0.1) is 17.5 Å². The van der Waals surface area contributed by atoms with Crippen LogP contribution >= 0.6 is 0 Å². The first kappa shape index (κ1) is 28.1. The number of ether oxygens (including phenoxy) is 2. The lowest BCUT2D eigenvalue weighted by molar-refractivity contribution is -0.159. The third-order valence-electron chi connectivity index (χ3n) is 7.20. The molecule has 5 heteroatoms. The molecule has 1 fully saturated rings. The molecule has 0 bridgehead atoms. The van der Waals surface area contributed by atoms with Gasteiger partial charge in [-0.25, -0.2) is 13.2 Å². The van der Waals surface area contributed by atoms with Crippen LogP contribution in [-0.4, -0.2) is 19.5 Å². The molecule has 1 saturated heterocycles. The van der Waals surface area contributed by atoms with Crippen molar-refractivity contribution in [2.24, 2.45) is 0 Å². The fourth-order valence-electron chi connectivity index (χ4n) is 4.95. The van der Waals surface area contributed by atoms with E-state index >= 15 is 0 Å². The third kappa shape index (κ3) is 6.95. The number of unbranched alkanes of at least 4 members (excludes halogenated alkanes) is 5. The molecule has 38 heavy (non-hydrogen) atoms. The van der Waals surface area contributed by atoms with Gasteiger partial charge in [-0.15, -0.1) is 0 Å². The van der Waals surface area contributed by atoms with Crippen LogP contribution in [0.2, 0.25) is 0 Å². The first-order valence-corrected chi connectivity index (χ1v) is 13.7. The Morgan fingerprint density at radius 1 is 0.763 bits per heavy atom. The van der Waals surface area contributed by atoms with E-state index in [0.29, 0.717) is 41.9 Å². The number of hydrogen-bond donors (Lipinski definition) is 0. The van der Waals surface area contributed by atoms with E-state index in [1.54, 1.807) is 42.5 Å². The summed E-state index contributed by atoms with van der Waals surface area (Å²) in [5.74, 6) is -2.06. The molecule has 1 heterocycles. The molecule has 0 radical (unpaired) electrons. The van der Waals surface area contributed by atoms with Crippen LogP contribution in [0.4, 0.5) is 13.2 Å². The molecule has 3 aromatic carbocycles. The largest absolute Gasteiger partial charge is 0.348 e. The van der Waals surface area contributed by atoms with Crippen LogP contribution in [-0.2, 0) is 15.9 Å². The highest BCUT2D eigenvalue weighted by Crippen LogP contribution is 2.32. The van der Waals surface area contributed by atoms with Crippen LogP contribution in [0.3, 0.4) is 0 Å². The maximum absolute atomic E-state index is 15.0. The van der Waals surface area contributed by atoms with Crippen LogP contribution in [0.5, 0.6) is 0 Å². The molecule has 0 N–H and O–H groups in total. The standard InChI is InChI=1S/C33H37F3O2/c1-3-5-6-7-8-9-11-25-16-19-29(33(36)32(25)35)24-14-12-23(13-15-24)26-17-18-28(30(34)20-26)27-21-37-31(10-4-2)38-22-27/h4,10,12-20,27,31H,3,5-9,11,21-22H2,1-2H3/b10-4+. The summed E-state index contributed by atoms with van der Waals surface area (Å²) in [4.78, 5) is 0. The van der Waals surface area contributed by atoms with Crippen LogP contribution in [0.15, 0.2) is 66.7 Å². The molecule has 0 saturated carbocycles. The van der Waals surface area contributed by atoms with Crippen molar-refractivity contribution in [3.63, 3.8) is 0 Å². The summed E-state index contributed by atoms with van der Waals surface area (Å²) in [6.45, 7) is 4.85. The van der Waals surface area contributed by atoms with E-state index < -0.39 is 11.6 Å². The van der Waals surface area contributed by atoms with Gasteiger partial charge in [-0.3, -0.25) is 0 Å². The van der Waals surface area contributed by atoms with Crippen molar-refractivity contribution < 1.29 is 22.6 Å². The summed E-state index contributed by atoms with van der Waals surface area (Å²) in [5, 5.41) is 0. The highest BCUT2D eigenvalue weighted by atomic mass is 19.2. The van der Waals surface area contributed by atoms with Gasteiger partial charge in [0, 0.05) is 11.5 Å². The maximum atomic E-state index is 15.0. The number of aryl methyl sites for hydroxylation is 1. The Bertz CT molecular complexity index is 1210. The van der Waals surface area contributed by atoms with Crippen molar-refractivity contribution in [1.82, 2.24) is 0 Å². The zero-order valence-corrected chi connectivity index (χ0v) is 22.3. The fourth-order valence-corrected chi connectivity index (χ4v) is 4.95. The predicted molar refractivity (Wildman–Crippen MR) is 148 cm³/mol. The minimum atomic E-state index is -0.815. The highest BCUT2D eigenvalue weighted by Gasteiger charge is 2.24. The van der Waals surface area contributed by atoms with Gasteiger partial charge < -0.3 is 9.47 Å². The minimum absolute atomic E-state index is 0.171. The SMILES string of the molecule is C/C=C/C1OCC(c2ccc(-c3ccc(-c4ccc(CCCCCCCC)c(F)c4F)cc3)cc2F)CO1. The maximum Gasteiger partial charge on any atom is 0.176 e. The molecule has 4 rings (SSSR count). The summed E-state index contributed by atoms with van der Waals surface area (Å²) in [7, 11) is 0. The molecule has 202 valence electrons. The second-order valence-corrected chi connectivity index (χ2v) is 9.99. The Morgan fingerprint density at radius 3 is 2.11 bits per heavy atom. The molecule has 0 aliphatic carbocycles. The van der Waals surface area contributed by atoms with E-state index in [0.717, 1.165) is 24.8 Å². The van der Waals surface area contributed by atoms with Gasteiger partial charge in [0.25, 0.3) is 0 Å². The van der Waals surface area contributed by atoms with E-state index in [9.17, 15) is 13.2 Å². The van der Waals surface area contributed by atoms with Crippen LogP contribution < -0.4 is 0 Å². The van der Waals surface area contributed by atoms with Crippen molar-refractivity contribution in [2.75, 3.05) is 13.2 Å². The van der Waals surface area contributed by atoms with Crippen molar-refractivity contribution in [3.8, 4) is 22.3 Å². The van der Waals surface area contributed by atoms with Gasteiger partial charge in [-0.1, -0.05) is 93.6 Å². The van der Waals surface area contributed by atoms with Gasteiger partial charge in [0.2, 0.25) is 0 Å². The second-order valence-electron chi connectivity index (χ2n) is 9.99. The first-order chi connectivity index (χ1) is 18.5. The molecule has 0 unspecified atom stereocenters. The molecule has 1 aliphatic heterocycles. The predicted octanol–water partition coefficient (Wildman–Crippen LogP) is 9.37. The van der Waals surface area contributed by atoms with Crippen molar-refractivity contribution >= 4 is 0 Å². The fraction of sp³-hybridized carbons (Fsp3) is 0.394. The van der Waals surface area contributed by atoms with Gasteiger partial charge >= 0.3 is 0 Å². The normalized spacial score (nSPS) is 17.8. The Balaban J connectivity index is 1.41. The number of allylic oxidation sites excluding steroid dienone is 1. The second kappa shape index (κ2) is 13.8. The minimum Gasteiger partial charge on any atom is -0.348 e. The van der Waals surface area contributed by atoms with Gasteiger partial charge in [0.15, 0.2) is 17.9 Å².